The third-order valence-electron chi connectivity index (χ3n) is 5.56. The molecule has 1 amide bonds. The molecule has 0 spiro atoms. The number of likely N-dealkylation sites (tertiary alicyclic amines) is 1. The molecule has 0 aromatic carbocycles. The van der Waals surface area contributed by atoms with Crippen LogP contribution in [0.2, 0.25) is 0 Å². The minimum atomic E-state index is -1.52. The second kappa shape index (κ2) is 11.3. The SMILES string of the molecule is CCCCCC(CC(=O)OCC)C(=O)[C@@]1(C=O)CCCN1C(=O)[C@@H](N)C(C)C. The molecule has 1 saturated heterocycles. The summed E-state index contributed by atoms with van der Waals surface area (Å²) in [6.45, 7) is 7.99. The third-order valence-corrected chi connectivity index (χ3v) is 5.56. The lowest BCUT2D eigenvalue weighted by molar-refractivity contribution is -0.153. The van der Waals surface area contributed by atoms with Crippen molar-refractivity contribution in [2.24, 2.45) is 17.6 Å². The lowest BCUT2D eigenvalue weighted by Gasteiger charge is -2.37. The average molecular weight is 397 g/mol. The summed E-state index contributed by atoms with van der Waals surface area (Å²) in [6, 6.07) is -0.770. The number of nitrogens with zero attached hydrogens (tertiary/aromatic N) is 1. The van der Waals surface area contributed by atoms with Gasteiger partial charge in [0.05, 0.1) is 19.1 Å². The van der Waals surface area contributed by atoms with Crippen molar-refractivity contribution in [2.45, 2.75) is 84.2 Å². The van der Waals surface area contributed by atoms with E-state index in [2.05, 4.69) is 6.92 Å². The van der Waals surface area contributed by atoms with Crippen LogP contribution >= 0.6 is 0 Å². The van der Waals surface area contributed by atoms with E-state index in [0.717, 1.165) is 19.3 Å². The molecule has 0 bridgehead atoms. The first-order valence-corrected chi connectivity index (χ1v) is 10.5. The van der Waals surface area contributed by atoms with Gasteiger partial charge < -0.3 is 20.2 Å². The zero-order valence-electron chi connectivity index (χ0n) is 17.7. The zero-order chi connectivity index (χ0) is 21.3. The standard InChI is InChI=1S/C21H36N2O5/c1-5-7-8-10-16(13-17(25)28-6-2)19(26)21(14-24)11-9-12-23(21)20(27)18(22)15(3)4/h14-16,18H,5-13,22H2,1-4H3/t16?,18-,21-/m0/s1. The fourth-order valence-corrected chi connectivity index (χ4v) is 3.79. The number of unbranched alkanes of at least 4 members (excludes halogenated alkanes) is 2. The fraction of sp³-hybridized carbons (Fsp3) is 0.810. The molecule has 0 saturated carbocycles. The van der Waals surface area contributed by atoms with E-state index in [0.29, 0.717) is 25.7 Å². The van der Waals surface area contributed by atoms with Gasteiger partial charge in [-0.15, -0.1) is 0 Å². The van der Waals surface area contributed by atoms with Crippen molar-refractivity contribution in [3.8, 4) is 0 Å². The Bertz CT molecular complexity index is 563. The summed E-state index contributed by atoms with van der Waals surface area (Å²) in [5.41, 5.74) is 4.50. The maximum Gasteiger partial charge on any atom is 0.306 e. The van der Waals surface area contributed by atoms with E-state index in [-0.39, 0.29) is 37.1 Å². The first-order chi connectivity index (χ1) is 13.2. The van der Waals surface area contributed by atoms with Crippen LogP contribution in [0.5, 0.6) is 0 Å². The number of hydrogen-bond donors (Lipinski definition) is 1. The third kappa shape index (κ3) is 5.63. The summed E-state index contributed by atoms with van der Waals surface area (Å²) in [6.07, 6.45) is 4.55. The molecule has 7 nitrogen and oxygen atoms in total. The fourth-order valence-electron chi connectivity index (χ4n) is 3.79. The highest BCUT2D eigenvalue weighted by atomic mass is 16.5. The van der Waals surface area contributed by atoms with E-state index in [1.54, 1.807) is 6.92 Å². The predicted molar refractivity (Wildman–Crippen MR) is 106 cm³/mol. The van der Waals surface area contributed by atoms with Crippen molar-refractivity contribution >= 4 is 23.9 Å². The van der Waals surface area contributed by atoms with Crippen LogP contribution in [0.25, 0.3) is 0 Å². The lowest BCUT2D eigenvalue weighted by Crippen LogP contribution is -2.60. The number of ether oxygens (including phenoxy) is 1. The Morgan fingerprint density at radius 3 is 2.43 bits per heavy atom. The van der Waals surface area contributed by atoms with E-state index >= 15 is 0 Å². The molecule has 1 heterocycles. The molecule has 1 rings (SSSR count). The van der Waals surface area contributed by atoms with Gasteiger partial charge in [-0.3, -0.25) is 14.4 Å². The number of esters is 1. The maximum atomic E-state index is 13.5. The van der Waals surface area contributed by atoms with E-state index in [9.17, 15) is 19.2 Å². The van der Waals surface area contributed by atoms with Gasteiger partial charge in [0.25, 0.3) is 0 Å². The Labute approximate surface area is 168 Å². The highest BCUT2D eigenvalue weighted by Crippen LogP contribution is 2.34. The number of carbonyl (C=O) groups excluding carboxylic acids is 4. The van der Waals surface area contributed by atoms with Gasteiger partial charge in [-0.25, -0.2) is 0 Å². The smallest absolute Gasteiger partial charge is 0.306 e. The summed E-state index contributed by atoms with van der Waals surface area (Å²) in [5, 5.41) is 0. The number of amides is 1. The molecule has 2 N–H and O–H groups in total. The Kier molecular flexibility index (Phi) is 9.79. The topological polar surface area (TPSA) is 107 Å². The highest BCUT2D eigenvalue weighted by Gasteiger charge is 2.52. The maximum absolute atomic E-state index is 13.5. The Morgan fingerprint density at radius 1 is 1.21 bits per heavy atom. The summed E-state index contributed by atoms with van der Waals surface area (Å²) >= 11 is 0. The summed E-state index contributed by atoms with van der Waals surface area (Å²) < 4.78 is 5.02. The summed E-state index contributed by atoms with van der Waals surface area (Å²) in [5.74, 6) is -1.93. The first-order valence-electron chi connectivity index (χ1n) is 10.5. The average Bonchev–Trinajstić information content (AvgIpc) is 3.10. The molecule has 1 fully saturated rings. The van der Waals surface area contributed by atoms with Crippen molar-refractivity contribution < 1.29 is 23.9 Å². The molecule has 160 valence electrons. The molecular weight excluding hydrogens is 360 g/mol. The molecular formula is C21H36N2O5. The Balaban J connectivity index is 3.13. The van der Waals surface area contributed by atoms with E-state index in [1.807, 2.05) is 13.8 Å². The molecule has 3 atom stereocenters. The van der Waals surface area contributed by atoms with Crippen molar-refractivity contribution in [1.29, 1.82) is 0 Å². The number of Topliss-reactive ketones (excluding diaryl/α,β-unsaturated/α-hetero) is 1. The van der Waals surface area contributed by atoms with Crippen LogP contribution in [0.4, 0.5) is 0 Å². The van der Waals surface area contributed by atoms with Gasteiger partial charge in [-0.2, -0.15) is 0 Å². The normalized spacial score (nSPS) is 21.4. The lowest BCUT2D eigenvalue weighted by atomic mass is 9.80. The number of rotatable bonds is 12. The molecule has 0 radical (unpaired) electrons. The number of nitrogens with two attached hydrogens (primary N) is 1. The monoisotopic (exact) mass is 396 g/mol. The van der Waals surface area contributed by atoms with Crippen LogP contribution < -0.4 is 5.73 Å². The van der Waals surface area contributed by atoms with Gasteiger partial charge in [0, 0.05) is 12.5 Å². The van der Waals surface area contributed by atoms with Crippen molar-refractivity contribution in [2.75, 3.05) is 13.2 Å². The first kappa shape index (κ1) is 24.3. The summed E-state index contributed by atoms with van der Waals surface area (Å²) in [7, 11) is 0. The van der Waals surface area contributed by atoms with Crippen LogP contribution in [0.1, 0.15) is 72.6 Å². The molecule has 0 aromatic rings. The molecule has 1 aliphatic heterocycles. The second-order valence-corrected chi connectivity index (χ2v) is 7.97. The van der Waals surface area contributed by atoms with Crippen molar-refractivity contribution in [3.63, 3.8) is 0 Å². The minimum Gasteiger partial charge on any atom is -0.466 e. The van der Waals surface area contributed by atoms with Gasteiger partial charge in [-0.05, 0) is 32.1 Å². The van der Waals surface area contributed by atoms with Crippen LogP contribution in [0.15, 0.2) is 0 Å². The van der Waals surface area contributed by atoms with Gasteiger partial charge in [0.1, 0.15) is 0 Å². The Morgan fingerprint density at radius 2 is 1.89 bits per heavy atom. The largest absolute Gasteiger partial charge is 0.466 e. The van der Waals surface area contributed by atoms with Crippen molar-refractivity contribution in [1.82, 2.24) is 4.90 Å². The second-order valence-electron chi connectivity index (χ2n) is 7.97. The summed E-state index contributed by atoms with van der Waals surface area (Å²) in [4.78, 5) is 51.9. The molecule has 28 heavy (non-hydrogen) atoms. The van der Waals surface area contributed by atoms with E-state index in [4.69, 9.17) is 10.5 Å². The Hall–Kier alpha value is -1.76. The van der Waals surface area contributed by atoms with Crippen molar-refractivity contribution in [3.05, 3.63) is 0 Å². The van der Waals surface area contributed by atoms with E-state index in [1.165, 1.54) is 4.90 Å². The zero-order valence-corrected chi connectivity index (χ0v) is 17.7. The molecule has 1 unspecified atom stereocenters. The van der Waals surface area contributed by atoms with Crippen LogP contribution in [-0.4, -0.2) is 53.6 Å². The molecule has 7 heteroatoms. The number of hydrogen-bond acceptors (Lipinski definition) is 6. The van der Waals surface area contributed by atoms with E-state index < -0.39 is 23.5 Å². The molecule has 0 aromatic heterocycles. The molecule has 0 aliphatic carbocycles. The number of carbonyl (C=O) groups is 4. The van der Waals surface area contributed by atoms with Gasteiger partial charge >= 0.3 is 5.97 Å². The van der Waals surface area contributed by atoms with Gasteiger partial charge in [-0.1, -0.05) is 40.0 Å². The predicted octanol–water partition coefficient (Wildman–Crippen LogP) is 2.25. The minimum absolute atomic E-state index is 0.0652. The number of aldehydes is 1. The highest BCUT2D eigenvalue weighted by molar-refractivity contribution is 6.08. The molecule has 1 aliphatic rings. The van der Waals surface area contributed by atoms with Gasteiger partial charge in [0.2, 0.25) is 5.91 Å². The number of ketones is 1. The van der Waals surface area contributed by atoms with Crippen LogP contribution in [0.3, 0.4) is 0 Å². The quantitative estimate of drug-likeness (QED) is 0.235. The van der Waals surface area contributed by atoms with Crippen LogP contribution in [0, 0.1) is 11.8 Å². The van der Waals surface area contributed by atoms with Gasteiger partial charge in [0.15, 0.2) is 17.6 Å². The van der Waals surface area contributed by atoms with Crippen LogP contribution in [-0.2, 0) is 23.9 Å².